The van der Waals surface area contributed by atoms with Crippen LogP contribution < -0.4 is 5.32 Å². The van der Waals surface area contributed by atoms with E-state index in [4.69, 9.17) is 4.98 Å². The zero-order valence-electron chi connectivity index (χ0n) is 18.7. The highest BCUT2D eigenvalue weighted by molar-refractivity contribution is 5.78. The van der Waals surface area contributed by atoms with Crippen molar-refractivity contribution in [2.45, 2.75) is 70.8 Å². The molecule has 1 unspecified atom stereocenters. The van der Waals surface area contributed by atoms with Gasteiger partial charge in [0.15, 0.2) is 0 Å². The number of carbonyl (C=O) groups excluding carboxylic acids is 1. The number of imidazole rings is 1. The topological polar surface area (TPSA) is 46.9 Å². The summed E-state index contributed by atoms with van der Waals surface area (Å²) in [5, 5.41) is 3.16. The number of para-hydroxylation sites is 2. The number of rotatable bonds is 9. The number of nitrogens with one attached hydrogen (secondary N) is 1. The quantitative estimate of drug-likeness (QED) is 0.431. The summed E-state index contributed by atoms with van der Waals surface area (Å²) in [5.41, 5.74) is 3.57. The van der Waals surface area contributed by atoms with Crippen LogP contribution in [0.3, 0.4) is 0 Å². The molecule has 31 heavy (non-hydrogen) atoms. The van der Waals surface area contributed by atoms with Crippen LogP contribution in [0.5, 0.6) is 0 Å². The van der Waals surface area contributed by atoms with E-state index in [0.717, 1.165) is 56.4 Å². The number of amides is 1. The van der Waals surface area contributed by atoms with E-state index < -0.39 is 0 Å². The number of aryl methyl sites for hydroxylation is 1. The molecule has 4 nitrogen and oxygen atoms in total. The normalized spacial score (nSPS) is 15.8. The van der Waals surface area contributed by atoms with Crippen LogP contribution in [0.15, 0.2) is 54.6 Å². The van der Waals surface area contributed by atoms with Crippen molar-refractivity contribution >= 4 is 16.9 Å². The van der Waals surface area contributed by atoms with Crippen molar-refractivity contribution in [2.75, 3.05) is 6.54 Å². The fourth-order valence-corrected chi connectivity index (χ4v) is 4.89. The minimum absolute atomic E-state index is 0.249. The summed E-state index contributed by atoms with van der Waals surface area (Å²) < 4.78 is 2.40. The summed E-state index contributed by atoms with van der Waals surface area (Å²) in [6.45, 7) is 3.06. The molecule has 0 radical (unpaired) electrons. The van der Waals surface area contributed by atoms with E-state index in [-0.39, 0.29) is 17.9 Å². The van der Waals surface area contributed by atoms with E-state index in [1.54, 1.807) is 0 Å². The van der Waals surface area contributed by atoms with E-state index in [2.05, 4.69) is 71.4 Å². The summed E-state index contributed by atoms with van der Waals surface area (Å²) in [6.07, 6.45) is 10.0. The number of unbranched alkanes of at least 4 members (excludes halogenated alkanes) is 2. The number of hydrogen-bond acceptors (Lipinski definition) is 2. The molecule has 1 amide bonds. The first-order chi connectivity index (χ1) is 15.2. The molecule has 0 aliphatic heterocycles. The van der Waals surface area contributed by atoms with Gasteiger partial charge in [0.25, 0.3) is 0 Å². The molecule has 0 saturated heterocycles. The first-order valence-electron chi connectivity index (χ1n) is 12.0. The lowest BCUT2D eigenvalue weighted by atomic mass is 9.89. The van der Waals surface area contributed by atoms with Crippen LogP contribution in [0.1, 0.15) is 75.7 Å². The summed E-state index contributed by atoms with van der Waals surface area (Å²) in [4.78, 5) is 17.2. The van der Waals surface area contributed by atoms with Crippen molar-refractivity contribution in [1.29, 1.82) is 0 Å². The Morgan fingerprint density at radius 3 is 2.55 bits per heavy atom. The minimum Gasteiger partial charge on any atom is -0.356 e. The Labute approximate surface area is 186 Å². The molecule has 1 N–H and O–H groups in total. The molecule has 164 valence electrons. The lowest BCUT2D eigenvalue weighted by Crippen LogP contribution is -2.32. The maximum atomic E-state index is 12.3. The molecule has 0 spiro atoms. The highest BCUT2D eigenvalue weighted by Crippen LogP contribution is 2.27. The van der Waals surface area contributed by atoms with Gasteiger partial charge in [0.05, 0.1) is 17.1 Å². The van der Waals surface area contributed by atoms with E-state index >= 15 is 0 Å². The molecule has 1 saturated carbocycles. The van der Waals surface area contributed by atoms with Gasteiger partial charge in [-0.25, -0.2) is 4.98 Å². The Hall–Kier alpha value is -2.62. The van der Waals surface area contributed by atoms with Gasteiger partial charge in [-0.05, 0) is 50.3 Å². The van der Waals surface area contributed by atoms with Gasteiger partial charge in [0, 0.05) is 18.9 Å². The maximum Gasteiger partial charge on any atom is 0.223 e. The van der Waals surface area contributed by atoms with Crippen LogP contribution in [-0.4, -0.2) is 22.0 Å². The smallest absolute Gasteiger partial charge is 0.223 e. The molecule has 1 atom stereocenters. The molecule has 4 rings (SSSR count). The third-order valence-corrected chi connectivity index (χ3v) is 6.69. The SMILES string of the molecule is CC(c1ccccc1)n1c(CCCCCNC(=O)C2CCCCC2)nc2ccccc21. The van der Waals surface area contributed by atoms with Gasteiger partial charge >= 0.3 is 0 Å². The van der Waals surface area contributed by atoms with Gasteiger partial charge in [-0.15, -0.1) is 0 Å². The molecule has 1 heterocycles. The molecule has 1 fully saturated rings. The first-order valence-corrected chi connectivity index (χ1v) is 12.0. The predicted octanol–water partition coefficient (Wildman–Crippen LogP) is 6.05. The maximum absolute atomic E-state index is 12.3. The molecule has 1 aliphatic carbocycles. The number of nitrogens with zero attached hydrogens (tertiary/aromatic N) is 2. The van der Waals surface area contributed by atoms with Gasteiger partial charge in [-0.3, -0.25) is 4.79 Å². The highest BCUT2D eigenvalue weighted by atomic mass is 16.1. The van der Waals surface area contributed by atoms with Crippen LogP contribution in [0.4, 0.5) is 0 Å². The van der Waals surface area contributed by atoms with Crippen molar-refractivity contribution in [3.8, 4) is 0 Å². The molecule has 3 aromatic rings. The molecule has 1 aromatic heterocycles. The molecular formula is C27H35N3O. The van der Waals surface area contributed by atoms with E-state index in [1.165, 1.54) is 30.3 Å². The number of fused-ring (bicyclic) bond motifs is 1. The standard InChI is InChI=1S/C27H35N3O/c1-21(22-13-5-2-6-14-22)30-25-18-11-10-17-24(25)29-26(30)19-9-4-12-20-28-27(31)23-15-7-3-8-16-23/h2,5-6,10-11,13-14,17-18,21,23H,3-4,7-9,12,15-16,19-20H2,1H3,(H,28,31). The van der Waals surface area contributed by atoms with Crippen LogP contribution in [0, 0.1) is 5.92 Å². The fraction of sp³-hybridized carbons (Fsp3) is 0.481. The molecular weight excluding hydrogens is 382 g/mol. The van der Waals surface area contributed by atoms with Gasteiger partial charge in [0.2, 0.25) is 5.91 Å². The van der Waals surface area contributed by atoms with Crippen LogP contribution in [-0.2, 0) is 11.2 Å². The van der Waals surface area contributed by atoms with E-state index in [0.29, 0.717) is 0 Å². The van der Waals surface area contributed by atoms with Gasteiger partial charge < -0.3 is 9.88 Å². The fourth-order valence-electron chi connectivity index (χ4n) is 4.89. The van der Waals surface area contributed by atoms with Crippen molar-refractivity contribution < 1.29 is 4.79 Å². The van der Waals surface area contributed by atoms with Gasteiger partial charge in [-0.1, -0.05) is 68.1 Å². The van der Waals surface area contributed by atoms with Crippen molar-refractivity contribution in [1.82, 2.24) is 14.9 Å². The largest absolute Gasteiger partial charge is 0.356 e. The van der Waals surface area contributed by atoms with Gasteiger partial charge in [0.1, 0.15) is 5.82 Å². The van der Waals surface area contributed by atoms with Crippen molar-refractivity contribution in [3.63, 3.8) is 0 Å². The van der Waals surface area contributed by atoms with Crippen molar-refractivity contribution in [3.05, 3.63) is 66.0 Å². The number of carbonyl (C=O) groups is 1. The average Bonchev–Trinajstić information content (AvgIpc) is 3.20. The average molecular weight is 418 g/mol. The Morgan fingerprint density at radius 1 is 1.00 bits per heavy atom. The zero-order valence-corrected chi connectivity index (χ0v) is 18.7. The van der Waals surface area contributed by atoms with Crippen LogP contribution in [0.25, 0.3) is 11.0 Å². The Kier molecular flexibility index (Phi) is 7.39. The Morgan fingerprint density at radius 2 is 1.74 bits per heavy atom. The lowest BCUT2D eigenvalue weighted by molar-refractivity contribution is -0.125. The summed E-state index contributed by atoms with van der Waals surface area (Å²) >= 11 is 0. The Bertz CT molecular complexity index is 973. The monoisotopic (exact) mass is 417 g/mol. The van der Waals surface area contributed by atoms with E-state index in [9.17, 15) is 4.79 Å². The second kappa shape index (κ2) is 10.6. The summed E-state index contributed by atoms with van der Waals surface area (Å²) in [7, 11) is 0. The predicted molar refractivity (Wildman–Crippen MR) is 127 cm³/mol. The van der Waals surface area contributed by atoms with Gasteiger partial charge in [-0.2, -0.15) is 0 Å². The Balaban J connectivity index is 1.33. The molecule has 2 aromatic carbocycles. The molecule has 0 bridgehead atoms. The second-order valence-corrected chi connectivity index (χ2v) is 8.91. The number of aromatic nitrogens is 2. The summed E-state index contributed by atoms with van der Waals surface area (Å²) in [5.74, 6) is 1.69. The number of benzene rings is 2. The minimum atomic E-state index is 0.249. The van der Waals surface area contributed by atoms with Crippen molar-refractivity contribution in [2.24, 2.45) is 5.92 Å². The third kappa shape index (κ3) is 5.36. The lowest BCUT2D eigenvalue weighted by Gasteiger charge is -2.20. The second-order valence-electron chi connectivity index (χ2n) is 8.91. The van der Waals surface area contributed by atoms with Crippen LogP contribution >= 0.6 is 0 Å². The number of hydrogen-bond donors (Lipinski definition) is 1. The van der Waals surface area contributed by atoms with Crippen LogP contribution in [0.2, 0.25) is 0 Å². The highest BCUT2D eigenvalue weighted by Gasteiger charge is 2.20. The third-order valence-electron chi connectivity index (χ3n) is 6.69. The zero-order chi connectivity index (χ0) is 21.5. The molecule has 1 aliphatic rings. The summed E-state index contributed by atoms with van der Waals surface area (Å²) in [6, 6.07) is 19.3. The van der Waals surface area contributed by atoms with E-state index in [1.807, 2.05) is 0 Å². The molecule has 4 heteroatoms. The first kappa shape index (κ1) is 21.6.